The van der Waals surface area contributed by atoms with E-state index in [4.69, 9.17) is 5.11 Å². The van der Waals surface area contributed by atoms with Crippen molar-refractivity contribution in [3.63, 3.8) is 0 Å². The number of urea groups is 1. The van der Waals surface area contributed by atoms with Gasteiger partial charge in [-0.3, -0.25) is 10.1 Å². The van der Waals surface area contributed by atoms with E-state index in [0.29, 0.717) is 13.0 Å². The second-order valence-electron chi connectivity index (χ2n) is 4.47. The maximum Gasteiger partial charge on any atom is 0.329 e. The van der Waals surface area contributed by atoms with Crippen LogP contribution in [-0.4, -0.2) is 66.8 Å². The molecule has 0 spiro atoms. The number of nitrogens with zero attached hydrogens (tertiary/aromatic N) is 1. The number of carboxylic acids is 1. The quantitative estimate of drug-likeness (QED) is 0.647. The standard InChI is InChI=1S/C12H18N2O7/c1-20-11(18)8-4-2-3-5-14(8)12(19)13-9(15)6-21-7-10(16)17/h8H,2-7H2,1H3,(H,16,17)(H,13,15,19). The van der Waals surface area contributed by atoms with Crippen LogP contribution < -0.4 is 5.32 Å². The van der Waals surface area contributed by atoms with Crippen molar-refractivity contribution in [1.82, 2.24) is 10.2 Å². The Hall–Kier alpha value is -2.16. The molecule has 1 fully saturated rings. The third-order valence-electron chi connectivity index (χ3n) is 2.94. The molecule has 1 unspecified atom stereocenters. The zero-order valence-corrected chi connectivity index (χ0v) is 11.7. The van der Waals surface area contributed by atoms with E-state index in [-0.39, 0.29) is 0 Å². The van der Waals surface area contributed by atoms with Crippen LogP contribution in [0.1, 0.15) is 19.3 Å². The van der Waals surface area contributed by atoms with Gasteiger partial charge < -0.3 is 19.5 Å². The average Bonchev–Trinajstić information content (AvgIpc) is 2.45. The number of nitrogens with one attached hydrogen (secondary N) is 1. The van der Waals surface area contributed by atoms with E-state index >= 15 is 0 Å². The summed E-state index contributed by atoms with van der Waals surface area (Å²) in [4.78, 5) is 46.4. The summed E-state index contributed by atoms with van der Waals surface area (Å²) in [6, 6.07) is -1.43. The molecule has 0 aromatic carbocycles. The molecular weight excluding hydrogens is 284 g/mol. The number of carbonyl (C=O) groups excluding carboxylic acids is 3. The van der Waals surface area contributed by atoms with E-state index in [0.717, 1.165) is 12.8 Å². The van der Waals surface area contributed by atoms with Crippen LogP contribution in [0.3, 0.4) is 0 Å². The minimum atomic E-state index is -1.21. The summed E-state index contributed by atoms with van der Waals surface area (Å²) in [6.07, 6.45) is 1.99. The largest absolute Gasteiger partial charge is 0.480 e. The zero-order chi connectivity index (χ0) is 15.8. The maximum atomic E-state index is 12.0. The number of aliphatic carboxylic acids is 1. The van der Waals surface area contributed by atoms with Crippen molar-refractivity contribution in [2.24, 2.45) is 0 Å². The minimum Gasteiger partial charge on any atom is -0.480 e. The third kappa shape index (κ3) is 5.38. The topological polar surface area (TPSA) is 122 Å². The second kappa shape index (κ2) is 8.20. The van der Waals surface area contributed by atoms with Gasteiger partial charge in [0.05, 0.1) is 7.11 Å². The molecule has 9 heteroatoms. The summed E-state index contributed by atoms with van der Waals surface area (Å²) >= 11 is 0. The van der Waals surface area contributed by atoms with Crippen LogP contribution in [-0.2, 0) is 23.9 Å². The third-order valence-corrected chi connectivity index (χ3v) is 2.94. The molecule has 1 rings (SSSR count). The number of hydrogen-bond acceptors (Lipinski definition) is 6. The normalized spacial score (nSPS) is 18.0. The van der Waals surface area contributed by atoms with E-state index in [1.807, 2.05) is 0 Å². The minimum absolute atomic E-state index is 0.342. The van der Waals surface area contributed by atoms with E-state index < -0.39 is 43.1 Å². The average molecular weight is 302 g/mol. The molecule has 0 saturated carbocycles. The summed E-state index contributed by atoms with van der Waals surface area (Å²) in [6.45, 7) is -0.834. The van der Waals surface area contributed by atoms with Crippen LogP contribution in [0, 0.1) is 0 Å². The molecule has 1 aliphatic heterocycles. The predicted octanol–water partition coefficient (Wildman–Crippen LogP) is -0.649. The van der Waals surface area contributed by atoms with Gasteiger partial charge >= 0.3 is 18.0 Å². The molecule has 1 saturated heterocycles. The van der Waals surface area contributed by atoms with Crippen molar-refractivity contribution in [1.29, 1.82) is 0 Å². The van der Waals surface area contributed by atoms with Crippen LogP contribution >= 0.6 is 0 Å². The van der Waals surface area contributed by atoms with Gasteiger partial charge in [0.15, 0.2) is 0 Å². The highest BCUT2D eigenvalue weighted by Gasteiger charge is 2.33. The molecule has 0 radical (unpaired) electrons. The van der Waals surface area contributed by atoms with Crippen LogP contribution in [0.2, 0.25) is 0 Å². The number of carboxylic acid groups (broad SMARTS) is 1. The molecule has 118 valence electrons. The van der Waals surface area contributed by atoms with Crippen molar-refractivity contribution < 1.29 is 33.8 Å². The fourth-order valence-corrected chi connectivity index (χ4v) is 2.01. The van der Waals surface area contributed by atoms with Gasteiger partial charge in [-0.2, -0.15) is 0 Å². The van der Waals surface area contributed by atoms with E-state index in [1.54, 1.807) is 0 Å². The fourth-order valence-electron chi connectivity index (χ4n) is 2.01. The van der Waals surface area contributed by atoms with Gasteiger partial charge in [-0.1, -0.05) is 0 Å². The SMILES string of the molecule is COC(=O)C1CCCCN1C(=O)NC(=O)COCC(=O)O. The number of imide groups is 1. The number of likely N-dealkylation sites (tertiary alicyclic amines) is 1. The number of carbonyl (C=O) groups is 4. The van der Waals surface area contributed by atoms with Gasteiger partial charge in [-0.25, -0.2) is 14.4 Å². The lowest BCUT2D eigenvalue weighted by Crippen LogP contribution is -2.53. The first-order chi connectivity index (χ1) is 9.95. The maximum absolute atomic E-state index is 12.0. The molecule has 9 nitrogen and oxygen atoms in total. The lowest BCUT2D eigenvalue weighted by Gasteiger charge is -2.33. The van der Waals surface area contributed by atoms with E-state index in [2.05, 4.69) is 14.8 Å². The monoisotopic (exact) mass is 302 g/mol. The Morgan fingerprint density at radius 1 is 1.24 bits per heavy atom. The van der Waals surface area contributed by atoms with E-state index in [9.17, 15) is 19.2 Å². The lowest BCUT2D eigenvalue weighted by molar-refractivity contribution is -0.147. The van der Waals surface area contributed by atoms with Crippen LogP contribution in [0.25, 0.3) is 0 Å². The predicted molar refractivity (Wildman–Crippen MR) is 68.4 cm³/mol. The molecule has 1 atom stereocenters. The molecule has 0 aliphatic carbocycles. The van der Waals surface area contributed by atoms with Gasteiger partial charge in [0.1, 0.15) is 19.3 Å². The summed E-state index contributed by atoms with van der Waals surface area (Å²) in [7, 11) is 1.23. The number of hydrogen-bond donors (Lipinski definition) is 2. The first-order valence-corrected chi connectivity index (χ1v) is 6.43. The fraction of sp³-hybridized carbons (Fsp3) is 0.667. The first kappa shape index (κ1) is 16.9. The molecule has 2 N–H and O–H groups in total. The van der Waals surface area contributed by atoms with Crippen molar-refractivity contribution in [2.45, 2.75) is 25.3 Å². The van der Waals surface area contributed by atoms with Crippen LogP contribution in [0.4, 0.5) is 4.79 Å². The van der Waals surface area contributed by atoms with Crippen molar-refractivity contribution >= 4 is 23.9 Å². The van der Waals surface area contributed by atoms with Crippen molar-refractivity contribution in [3.8, 4) is 0 Å². The second-order valence-corrected chi connectivity index (χ2v) is 4.47. The highest BCUT2D eigenvalue weighted by Crippen LogP contribution is 2.18. The molecule has 1 heterocycles. The molecule has 0 aromatic heterocycles. The Kier molecular flexibility index (Phi) is 6.60. The molecule has 0 aromatic rings. The Morgan fingerprint density at radius 3 is 2.57 bits per heavy atom. The van der Waals surface area contributed by atoms with Gasteiger partial charge in [0, 0.05) is 6.54 Å². The van der Waals surface area contributed by atoms with E-state index in [1.165, 1.54) is 12.0 Å². The lowest BCUT2D eigenvalue weighted by atomic mass is 10.0. The number of methoxy groups -OCH3 is 1. The number of ether oxygens (including phenoxy) is 2. The highest BCUT2D eigenvalue weighted by atomic mass is 16.5. The van der Waals surface area contributed by atoms with Gasteiger partial charge in [0.25, 0.3) is 5.91 Å². The molecule has 21 heavy (non-hydrogen) atoms. The summed E-state index contributed by atoms with van der Waals surface area (Å²) in [5, 5.41) is 10.4. The zero-order valence-electron chi connectivity index (χ0n) is 11.7. The van der Waals surface area contributed by atoms with Crippen LogP contribution in [0.5, 0.6) is 0 Å². The summed E-state index contributed by atoms with van der Waals surface area (Å²) in [5.41, 5.74) is 0. The van der Waals surface area contributed by atoms with Crippen LogP contribution in [0.15, 0.2) is 0 Å². The molecule has 0 bridgehead atoms. The van der Waals surface area contributed by atoms with Gasteiger partial charge in [0.2, 0.25) is 0 Å². The Morgan fingerprint density at radius 2 is 1.95 bits per heavy atom. The Balaban J connectivity index is 2.50. The summed E-state index contributed by atoms with van der Waals surface area (Å²) in [5.74, 6) is -2.51. The Bertz CT molecular complexity index is 424. The molecular formula is C12H18N2O7. The molecule has 3 amide bonds. The highest BCUT2D eigenvalue weighted by molar-refractivity contribution is 5.96. The number of amides is 3. The Labute approximate surface area is 121 Å². The number of esters is 1. The van der Waals surface area contributed by atoms with Crippen molar-refractivity contribution in [3.05, 3.63) is 0 Å². The first-order valence-electron chi connectivity index (χ1n) is 6.43. The number of piperidine rings is 1. The molecule has 1 aliphatic rings. The van der Waals surface area contributed by atoms with Gasteiger partial charge in [-0.15, -0.1) is 0 Å². The van der Waals surface area contributed by atoms with Gasteiger partial charge in [-0.05, 0) is 19.3 Å². The smallest absolute Gasteiger partial charge is 0.329 e. The van der Waals surface area contributed by atoms with Crippen molar-refractivity contribution in [2.75, 3.05) is 26.9 Å². The summed E-state index contributed by atoms with van der Waals surface area (Å²) < 4.78 is 9.20. The number of rotatable bonds is 5.